The van der Waals surface area contributed by atoms with E-state index < -0.39 is 5.91 Å². The first-order chi connectivity index (χ1) is 6.50. The minimum atomic E-state index is -0.406. The predicted molar refractivity (Wildman–Crippen MR) is 49.7 cm³/mol. The number of nitrogens with one attached hydrogen (secondary N) is 1. The number of hydroxylamine groups is 1. The standard InChI is InChI=1S/C9H14N2O3/c1-5(2)14-11-9(12)8-6(3)10-7(4)13-8/h5H,1-4H3,(H,11,12). The maximum atomic E-state index is 11.4. The summed E-state index contributed by atoms with van der Waals surface area (Å²) < 4.78 is 5.11. The van der Waals surface area contributed by atoms with Gasteiger partial charge < -0.3 is 4.42 Å². The van der Waals surface area contributed by atoms with Gasteiger partial charge in [0.05, 0.1) is 11.8 Å². The zero-order valence-corrected chi connectivity index (χ0v) is 8.75. The average molecular weight is 198 g/mol. The Balaban J connectivity index is 2.65. The van der Waals surface area contributed by atoms with Crippen LogP contribution in [0.25, 0.3) is 0 Å². The van der Waals surface area contributed by atoms with Gasteiger partial charge in [0.25, 0.3) is 0 Å². The quantitative estimate of drug-likeness (QED) is 0.745. The van der Waals surface area contributed by atoms with E-state index in [9.17, 15) is 4.79 Å². The van der Waals surface area contributed by atoms with Crippen molar-refractivity contribution in [1.29, 1.82) is 0 Å². The maximum absolute atomic E-state index is 11.4. The Morgan fingerprint density at radius 3 is 2.57 bits per heavy atom. The van der Waals surface area contributed by atoms with E-state index >= 15 is 0 Å². The Bertz CT molecular complexity index is 331. The van der Waals surface area contributed by atoms with Gasteiger partial charge in [-0.2, -0.15) is 0 Å². The summed E-state index contributed by atoms with van der Waals surface area (Å²) in [5.74, 6) is 0.261. The van der Waals surface area contributed by atoms with Crippen molar-refractivity contribution in [2.24, 2.45) is 0 Å². The third-order valence-electron chi connectivity index (χ3n) is 1.50. The van der Waals surface area contributed by atoms with Crippen LogP contribution < -0.4 is 5.48 Å². The summed E-state index contributed by atoms with van der Waals surface area (Å²) in [6.07, 6.45) is -0.0664. The SMILES string of the molecule is Cc1nc(C)c(C(=O)NOC(C)C)o1. The van der Waals surface area contributed by atoms with E-state index in [1.165, 1.54) is 0 Å². The molecule has 5 nitrogen and oxygen atoms in total. The lowest BCUT2D eigenvalue weighted by molar-refractivity contribution is -0.00155. The van der Waals surface area contributed by atoms with Crippen LogP contribution in [0.1, 0.15) is 36.0 Å². The third kappa shape index (κ3) is 2.56. The predicted octanol–water partition coefficient (Wildman–Crippen LogP) is 1.36. The summed E-state index contributed by atoms with van der Waals surface area (Å²) in [4.78, 5) is 20.3. The Morgan fingerprint density at radius 2 is 2.14 bits per heavy atom. The van der Waals surface area contributed by atoms with Gasteiger partial charge >= 0.3 is 5.91 Å². The number of oxazole rings is 1. The topological polar surface area (TPSA) is 64.4 Å². The highest BCUT2D eigenvalue weighted by Crippen LogP contribution is 2.08. The fourth-order valence-corrected chi connectivity index (χ4v) is 0.960. The normalized spacial score (nSPS) is 10.6. The Morgan fingerprint density at radius 1 is 1.50 bits per heavy atom. The molecule has 78 valence electrons. The zero-order chi connectivity index (χ0) is 10.7. The number of hydrogen-bond acceptors (Lipinski definition) is 4. The van der Waals surface area contributed by atoms with Gasteiger partial charge in [0.15, 0.2) is 5.89 Å². The smallest absolute Gasteiger partial charge is 0.312 e. The number of carbonyl (C=O) groups is 1. The second-order valence-electron chi connectivity index (χ2n) is 3.25. The Hall–Kier alpha value is -1.36. The van der Waals surface area contributed by atoms with Gasteiger partial charge in [0, 0.05) is 6.92 Å². The number of nitrogens with zero attached hydrogens (tertiary/aromatic N) is 1. The summed E-state index contributed by atoms with van der Waals surface area (Å²) in [6.45, 7) is 7.03. The second-order valence-corrected chi connectivity index (χ2v) is 3.25. The van der Waals surface area contributed by atoms with Crippen LogP contribution in [0.4, 0.5) is 0 Å². The number of rotatable bonds is 3. The first kappa shape index (κ1) is 10.7. The van der Waals surface area contributed by atoms with Crippen molar-refractivity contribution in [3.8, 4) is 0 Å². The van der Waals surface area contributed by atoms with E-state index in [0.29, 0.717) is 11.6 Å². The Kier molecular flexibility index (Phi) is 3.24. The number of aryl methyl sites for hydroxylation is 2. The van der Waals surface area contributed by atoms with Crippen molar-refractivity contribution in [2.45, 2.75) is 33.8 Å². The van der Waals surface area contributed by atoms with Crippen molar-refractivity contribution < 1.29 is 14.0 Å². The summed E-state index contributed by atoms with van der Waals surface area (Å²) >= 11 is 0. The third-order valence-corrected chi connectivity index (χ3v) is 1.50. The molecule has 1 rings (SSSR count). The molecule has 0 aromatic carbocycles. The molecule has 0 radical (unpaired) electrons. The fraction of sp³-hybridized carbons (Fsp3) is 0.556. The summed E-state index contributed by atoms with van der Waals surface area (Å²) in [5, 5.41) is 0. The number of carbonyl (C=O) groups excluding carboxylic acids is 1. The van der Waals surface area contributed by atoms with Gasteiger partial charge in [-0.25, -0.2) is 10.5 Å². The lowest BCUT2D eigenvalue weighted by Gasteiger charge is -2.06. The van der Waals surface area contributed by atoms with Crippen LogP contribution >= 0.6 is 0 Å². The lowest BCUT2D eigenvalue weighted by atomic mass is 10.3. The molecule has 0 aliphatic heterocycles. The molecule has 0 saturated heterocycles. The fourth-order valence-electron chi connectivity index (χ4n) is 0.960. The van der Waals surface area contributed by atoms with Crippen molar-refractivity contribution in [3.05, 3.63) is 17.3 Å². The molecule has 0 atom stereocenters. The van der Waals surface area contributed by atoms with Gasteiger partial charge in [0.1, 0.15) is 0 Å². The first-order valence-corrected chi connectivity index (χ1v) is 4.40. The van der Waals surface area contributed by atoms with Crippen LogP contribution in [-0.4, -0.2) is 17.0 Å². The monoisotopic (exact) mass is 198 g/mol. The summed E-state index contributed by atoms with van der Waals surface area (Å²) in [5.41, 5.74) is 2.84. The Labute approximate surface area is 82.4 Å². The van der Waals surface area contributed by atoms with Gasteiger partial charge in [-0.15, -0.1) is 0 Å². The molecule has 1 heterocycles. The van der Waals surface area contributed by atoms with Crippen LogP contribution in [-0.2, 0) is 4.84 Å². The molecular formula is C9H14N2O3. The van der Waals surface area contributed by atoms with Crippen molar-refractivity contribution in [1.82, 2.24) is 10.5 Å². The minimum Gasteiger partial charge on any atom is -0.435 e. The van der Waals surface area contributed by atoms with Crippen molar-refractivity contribution in [2.75, 3.05) is 0 Å². The molecule has 1 N–H and O–H groups in total. The molecule has 1 amide bonds. The summed E-state index contributed by atoms with van der Waals surface area (Å²) in [6, 6.07) is 0. The van der Waals surface area contributed by atoms with E-state index in [2.05, 4.69) is 10.5 Å². The van der Waals surface area contributed by atoms with E-state index in [-0.39, 0.29) is 11.9 Å². The highest BCUT2D eigenvalue weighted by atomic mass is 16.7. The lowest BCUT2D eigenvalue weighted by Crippen LogP contribution is -2.27. The molecule has 14 heavy (non-hydrogen) atoms. The summed E-state index contributed by atoms with van der Waals surface area (Å²) in [7, 11) is 0. The van der Waals surface area contributed by atoms with Crippen LogP contribution in [0.5, 0.6) is 0 Å². The molecule has 0 saturated carbocycles. The van der Waals surface area contributed by atoms with E-state index in [0.717, 1.165) is 0 Å². The van der Waals surface area contributed by atoms with Crippen LogP contribution in [0.3, 0.4) is 0 Å². The molecule has 0 aliphatic carbocycles. The molecule has 5 heteroatoms. The molecule has 1 aromatic heterocycles. The average Bonchev–Trinajstić information content (AvgIpc) is 2.41. The largest absolute Gasteiger partial charge is 0.435 e. The molecule has 0 aliphatic rings. The van der Waals surface area contributed by atoms with Gasteiger partial charge in [-0.05, 0) is 20.8 Å². The van der Waals surface area contributed by atoms with Crippen LogP contribution in [0.15, 0.2) is 4.42 Å². The van der Waals surface area contributed by atoms with E-state index in [1.807, 2.05) is 13.8 Å². The molecule has 0 bridgehead atoms. The maximum Gasteiger partial charge on any atom is 0.312 e. The molecule has 1 aromatic rings. The highest BCUT2D eigenvalue weighted by Gasteiger charge is 2.15. The number of amides is 1. The van der Waals surface area contributed by atoms with Gasteiger partial charge in [-0.1, -0.05) is 0 Å². The van der Waals surface area contributed by atoms with Gasteiger partial charge in [-0.3, -0.25) is 9.63 Å². The van der Waals surface area contributed by atoms with Gasteiger partial charge in [0.2, 0.25) is 5.76 Å². The van der Waals surface area contributed by atoms with E-state index in [1.54, 1.807) is 13.8 Å². The first-order valence-electron chi connectivity index (χ1n) is 4.40. The van der Waals surface area contributed by atoms with Crippen LogP contribution in [0, 0.1) is 13.8 Å². The molecule has 0 unspecified atom stereocenters. The van der Waals surface area contributed by atoms with E-state index in [4.69, 9.17) is 9.25 Å². The number of hydrogen-bond donors (Lipinski definition) is 1. The highest BCUT2D eigenvalue weighted by molar-refractivity contribution is 5.91. The minimum absolute atomic E-state index is 0.0664. The zero-order valence-electron chi connectivity index (χ0n) is 8.75. The molecular weight excluding hydrogens is 184 g/mol. The second kappa shape index (κ2) is 4.23. The van der Waals surface area contributed by atoms with Crippen molar-refractivity contribution in [3.63, 3.8) is 0 Å². The number of aromatic nitrogens is 1. The van der Waals surface area contributed by atoms with Crippen molar-refractivity contribution >= 4 is 5.91 Å². The molecule has 0 spiro atoms. The van der Waals surface area contributed by atoms with Crippen LogP contribution in [0.2, 0.25) is 0 Å². The molecule has 0 fully saturated rings.